The monoisotopic (exact) mass is 202 g/mol. The fourth-order valence-electron chi connectivity index (χ4n) is 1.92. The zero-order valence-electron chi connectivity index (χ0n) is 8.84. The van der Waals surface area contributed by atoms with Gasteiger partial charge in [-0.2, -0.15) is 0 Å². The maximum Gasteiger partial charge on any atom is 0.162 e. The average Bonchev–Trinajstić information content (AvgIpc) is 2.19. The van der Waals surface area contributed by atoms with Gasteiger partial charge in [-0.3, -0.25) is 0 Å². The van der Waals surface area contributed by atoms with Gasteiger partial charge in [0.25, 0.3) is 0 Å². The number of hydrogen-bond donors (Lipinski definition) is 1. The summed E-state index contributed by atoms with van der Waals surface area (Å²) in [5.74, 6) is -0.0838. The molecule has 14 heavy (non-hydrogen) atoms. The second-order valence-corrected chi connectivity index (χ2v) is 3.89. The number of carbonyl (C=O) groups is 1. The minimum Gasteiger partial charge on any atom is -0.392 e. The molecule has 1 fully saturated rings. The van der Waals surface area contributed by atoms with Crippen LogP contribution < -0.4 is 0 Å². The highest BCUT2D eigenvalue weighted by Gasteiger charge is 2.40. The standard InChI is InChI=1S/C10H18O4/c1-6-8(4-5-11)14-10(13-3)7(2)9(6)12/h5-10,12H,4H2,1-3H3/t6-,7+,8+,9-,10+/m0/s1. The number of aliphatic hydroxyl groups is 1. The molecule has 1 N–H and O–H groups in total. The quantitative estimate of drug-likeness (QED) is 0.680. The van der Waals surface area contributed by atoms with Crippen LogP contribution in [0.2, 0.25) is 0 Å². The molecule has 0 aromatic heterocycles. The lowest BCUT2D eigenvalue weighted by Gasteiger charge is -2.41. The van der Waals surface area contributed by atoms with Crippen LogP contribution >= 0.6 is 0 Å². The van der Waals surface area contributed by atoms with E-state index in [-0.39, 0.29) is 17.9 Å². The second kappa shape index (κ2) is 4.87. The molecule has 5 atom stereocenters. The van der Waals surface area contributed by atoms with E-state index in [0.29, 0.717) is 6.42 Å². The number of methoxy groups -OCH3 is 1. The van der Waals surface area contributed by atoms with Crippen molar-refractivity contribution in [3.8, 4) is 0 Å². The molecule has 0 amide bonds. The van der Waals surface area contributed by atoms with Crippen molar-refractivity contribution in [2.24, 2.45) is 11.8 Å². The van der Waals surface area contributed by atoms with E-state index in [2.05, 4.69) is 0 Å². The SMILES string of the molecule is CO[C@@H]1O[C@H](CC=O)[C@H](C)[C@H](O)[C@H]1C. The van der Waals surface area contributed by atoms with Crippen LogP contribution in [0, 0.1) is 11.8 Å². The summed E-state index contributed by atoms with van der Waals surface area (Å²) in [6.45, 7) is 3.77. The molecule has 0 bridgehead atoms. The van der Waals surface area contributed by atoms with Crippen LogP contribution in [0.15, 0.2) is 0 Å². The summed E-state index contributed by atoms with van der Waals surface area (Å²) in [7, 11) is 1.54. The Kier molecular flexibility index (Phi) is 4.04. The van der Waals surface area contributed by atoms with Gasteiger partial charge in [0.2, 0.25) is 0 Å². The van der Waals surface area contributed by atoms with Crippen LogP contribution in [-0.4, -0.2) is 37.0 Å². The molecule has 0 unspecified atom stereocenters. The van der Waals surface area contributed by atoms with E-state index < -0.39 is 12.4 Å². The highest BCUT2D eigenvalue weighted by Crippen LogP contribution is 2.31. The lowest BCUT2D eigenvalue weighted by Crippen LogP contribution is -2.49. The van der Waals surface area contributed by atoms with E-state index in [1.807, 2.05) is 13.8 Å². The molecule has 0 radical (unpaired) electrons. The van der Waals surface area contributed by atoms with Crippen molar-refractivity contribution in [3.05, 3.63) is 0 Å². The molecule has 1 rings (SSSR count). The average molecular weight is 202 g/mol. The first kappa shape index (κ1) is 11.6. The number of rotatable bonds is 3. The molecule has 4 heteroatoms. The fourth-order valence-corrected chi connectivity index (χ4v) is 1.92. The number of hydrogen-bond acceptors (Lipinski definition) is 4. The lowest BCUT2D eigenvalue weighted by atomic mass is 9.85. The number of aliphatic hydroxyl groups excluding tert-OH is 1. The lowest BCUT2D eigenvalue weighted by molar-refractivity contribution is -0.251. The Morgan fingerprint density at radius 2 is 2.07 bits per heavy atom. The van der Waals surface area contributed by atoms with Crippen molar-refractivity contribution < 1.29 is 19.4 Å². The maximum atomic E-state index is 10.4. The van der Waals surface area contributed by atoms with Gasteiger partial charge in [-0.25, -0.2) is 0 Å². The predicted octanol–water partition coefficient (Wildman–Crippen LogP) is 0.580. The first-order valence-corrected chi connectivity index (χ1v) is 4.91. The normalized spacial score (nSPS) is 43.6. The van der Waals surface area contributed by atoms with Crippen LogP contribution in [0.5, 0.6) is 0 Å². The molecular formula is C10H18O4. The third-order valence-electron chi connectivity index (χ3n) is 2.96. The highest BCUT2D eigenvalue weighted by molar-refractivity contribution is 5.50. The van der Waals surface area contributed by atoms with Gasteiger partial charge >= 0.3 is 0 Å². The van der Waals surface area contributed by atoms with Gasteiger partial charge in [0.05, 0.1) is 12.2 Å². The van der Waals surface area contributed by atoms with Gasteiger partial charge < -0.3 is 19.4 Å². The van der Waals surface area contributed by atoms with Crippen molar-refractivity contribution in [2.75, 3.05) is 7.11 Å². The van der Waals surface area contributed by atoms with Gasteiger partial charge in [-0.1, -0.05) is 13.8 Å². The molecule has 1 heterocycles. The van der Waals surface area contributed by atoms with Crippen LogP contribution in [0.3, 0.4) is 0 Å². The van der Waals surface area contributed by atoms with Gasteiger partial charge in [-0.15, -0.1) is 0 Å². The zero-order chi connectivity index (χ0) is 10.7. The van der Waals surface area contributed by atoms with Crippen LogP contribution in [0.25, 0.3) is 0 Å². The van der Waals surface area contributed by atoms with Crippen LogP contribution in [0.4, 0.5) is 0 Å². The second-order valence-electron chi connectivity index (χ2n) is 3.89. The summed E-state index contributed by atoms with van der Waals surface area (Å²) in [6, 6.07) is 0. The summed E-state index contributed by atoms with van der Waals surface area (Å²) in [4.78, 5) is 10.4. The Hall–Kier alpha value is -0.450. The molecule has 1 aliphatic rings. The molecule has 0 saturated carbocycles. The smallest absolute Gasteiger partial charge is 0.162 e. The molecule has 82 valence electrons. The Morgan fingerprint density at radius 1 is 1.43 bits per heavy atom. The largest absolute Gasteiger partial charge is 0.392 e. The first-order valence-electron chi connectivity index (χ1n) is 4.91. The minimum absolute atomic E-state index is 0.0263. The van der Waals surface area contributed by atoms with E-state index in [4.69, 9.17) is 9.47 Å². The minimum atomic E-state index is -0.473. The molecule has 0 aromatic carbocycles. The van der Waals surface area contributed by atoms with Gasteiger partial charge in [0, 0.05) is 25.4 Å². The summed E-state index contributed by atoms with van der Waals surface area (Å²) in [6.07, 6.45) is 0.00921. The number of ether oxygens (including phenoxy) is 2. The highest BCUT2D eigenvalue weighted by atomic mass is 16.7. The molecule has 0 aliphatic carbocycles. The molecule has 1 saturated heterocycles. The Morgan fingerprint density at radius 3 is 2.57 bits per heavy atom. The fraction of sp³-hybridized carbons (Fsp3) is 0.900. The van der Waals surface area contributed by atoms with Crippen molar-refractivity contribution in [2.45, 2.75) is 38.8 Å². The molecule has 0 aromatic rings. The van der Waals surface area contributed by atoms with Crippen molar-refractivity contribution in [1.82, 2.24) is 0 Å². The van der Waals surface area contributed by atoms with Crippen LogP contribution in [-0.2, 0) is 14.3 Å². The summed E-state index contributed by atoms with van der Waals surface area (Å²) in [5.41, 5.74) is 0. The Balaban J connectivity index is 2.67. The predicted molar refractivity (Wildman–Crippen MR) is 50.7 cm³/mol. The van der Waals surface area contributed by atoms with E-state index in [0.717, 1.165) is 6.29 Å². The molecule has 4 nitrogen and oxygen atoms in total. The van der Waals surface area contributed by atoms with Crippen molar-refractivity contribution in [1.29, 1.82) is 0 Å². The Labute approximate surface area is 84.2 Å². The number of carbonyl (C=O) groups excluding carboxylic acids is 1. The molecule has 1 aliphatic heterocycles. The third kappa shape index (κ3) is 2.13. The van der Waals surface area contributed by atoms with E-state index in [1.165, 1.54) is 0 Å². The third-order valence-corrected chi connectivity index (χ3v) is 2.96. The molecular weight excluding hydrogens is 184 g/mol. The number of aldehydes is 1. The van der Waals surface area contributed by atoms with E-state index >= 15 is 0 Å². The summed E-state index contributed by atoms with van der Waals surface area (Å²) in [5, 5.41) is 9.87. The van der Waals surface area contributed by atoms with Gasteiger partial charge in [-0.05, 0) is 0 Å². The van der Waals surface area contributed by atoms with Gasteiger partial charge in [0.15, 0.2) is 6.29 Å². The zero-order valence-corrected chi connectivity index (χ0v) is 8.84. The summed E-state index contributed by atoms with van der Waals surface area (Å²) >= 11 is 0. The van der Waals surface area contributed by atoms with E-state index in [9.17, 15) is 9.90 Å². The Bertz CT molecular complexity index is 193. The van der Waals surface area contributed by atoms with Crippen molar-refractivity contribution in [3.63, 3.8) is 0 Å². The summed E-state index contributed by atoms with van der Waals surface area (Å²) < 4.78 is 10.7. The van der Waals surface area contributed by atoms with E-state index in [1.54, 1.807) is 7.11 Å². The maximum absolute atomic E-state index is 10.4. The van der Waals surface area contributed by atoms with Gasteiger partial charge in [0.1, 0.15) is 6.29 Å². The topological polar surface area (TPSA) is 55.8 Å². The molecule has 0 spiro atoms. The van der Waals surface area contributed by atoms with Crippen LogP contribution in [0.1, 0.15) is 20.3 Å². The first-order chi connectivity index (χ1) is 6.61. The van der Waals surface area contributed by atoms with Crippen molar-refractivity contribution >= 4 is 6.29 Å².